The van der Waals surface area contributed by atoms with E-state index in [1.807, 2.05) is 30.3 Å². The van der Waals surface area contributed by atoms with Gasteiger partial charge in [0, 0.05) is 13.6 Å². The molecule has 0 bridgehead atoms. The zero-order valence-corrected chi connectivity index (χ0v) is 11.2. The number of nitro groups is 1. The van der Waals surface area contributed by atoms with E-state index in [1.54, 1.807) is 7.05 Å². The second-order valence-corrected chi connectivity index (χ2v) is 4.27. The van der Waals surface area contributed by atoms with Crippen LogP contribution in [0, 0.1) is 10.1 Å². The Morgan fingerprint density at radius 3 is 2.55 bits per heavy atom. The highest BCUT2D eigenvalue weighted by Crippen LogP contribution is 2.20. The smallest absolute Gasteiger partial charge is 0.276 e. The monoisotopic (exact) mass is 272 g/mol. The number of nitrogens with one attached hydrogen (secondary N) is 2. The lowest BCUT2D eigenvalue weighted by molar-refractivity contribution is -0.384. The Kier molecular flexibility index (Phi) is 4.49. The predicted octanol–water partition coefficient (Wildman–Crippen LogP) is 2.69. The molecule has 0 aliphatic rings. The van der Waals surface area contributed by atoms with Gasteiger partial charge in [0.15, 0.2) is 0 Å². The average molecular weight is 272 g/mol. The molecule has 6 nitrogen and oxygen atoms in total. The second-order valence-electron chi connectivity index (χ2n) is 4.27. The van der Waals surface area contributed by atoms with Crippen molar-refractivity contribution < 1.29 is 4.92 Å². The van der Waals surface area contributed by atoms with Gasteiger partial charge in [-0.15, -0.1) is 0 Å². The molecule has 2 N–H and O–H groups in total. The molecule has 0 aliphatic carbocycles. The third kappa shape index (κ3) is 3.68. The van der Waals surface area contributed by atoms with E-state index in [0.717, 1.165) is 6.42 Å². The van der Waals surface area contributed by atoms with Gasteiger partial charge >= 0.3 is 0 Å². The molecule has 0 saturated carbocycles. The number of pyridine rings is 1. The second kappa shape index (κ2) is 6.51. The Morgan fingerprint density at radius 1 is 1.20 bits per heavy atom. The fraction of sp³-hybridized carbons (Fsp3) is 0.214. The van der Waals surface area contributed by atoms with E-state index < -0.39 is 4.92 Å². The zero-order valence-electron chi connectivity index (χ0n) is 11.2. The molecule has 0 spiro atoms. The minimum atomic E-state index is -0.426. The maximum absolute atomic E-state index is 10.8. The van der Waals surface area contributed by atoms with Crippen LogP contribution in [0.3, 0.4) is 0 Å². The van der Waals surface area contributed by atoms with Gasteiger partial charge in [-0.05, 0) is 12.0 Å². The lowest BCUT2D eigenvalue weighted by atomic mass is 10.1. The standard InChI is InChI=1S/C14H16N4O2/c1-15-13-9-12(18(19)20)10-14(17-13)16-8-7-11-5-3-2-4-6-11/h2-6,9-10H,7-8H2,1H3,(H2,15,16,17). The number of anilines is 2. The number of rotatable bonds is 6. The van der Waals surface area contributed by atoms with E-state index in [4.69, 9.17) is 0 Å². The first kappa shape index (κ1) is 13.8. The van der Waals surface area contributed by atoms with E-state index in [2.05, 4.69) is 15.6 Å². The maximum Gasteiger partial charge on any atom is 0.276 e. The summed E-state index contributed by atoms with van der Waals surface area (Å²) in [6.45, 7) is 0.668. The molecule has 0 aliphatic heterocycles. The van der Waals surface area contributed by atoms with E-state index >= 15 is 0 Å². The summed E-state index contributed by atoms with van der Waals surface area (Å²) in [7, 11) is 1.68. The Bertz CT molecular complexity index is 587. The van der Waals surface area contributed by atoms with Crippen LogP contribution in [0.2, 0.25) is 0 Å². The highest BCUT2D eigenvalue weighted by Gasteiger charge is 2.10. The quantitative estimate of drug-likeness (QED) is 0.624. The number of nitrogens with zero attached hydrogens (tertiary/aromatic N) is 2. The van der Waals surface area contributed by atoms with E-state index in [0.29, 0.717) is 18.2 Å². The van der Waals surface area contributed by atoms with Gasteiger partial charge in [0.25, 0.3) is 5.69 Å². The Labute approximate surface area is 117 Å². The third-order valence-electron chi connectivity index (χ3n) is 2.84. The topological polar surface area (TPSA) is 80.1 Å². The van der Waals surface area contributed by atoms with Gasteiger partial charge in [-0.25, -0.2) is 4.98 Å². The number of hydrogen-bond donors (Lipinski definition) is 2. The van der Waals surface area contributed by atoms with Crippen molar-refractivity contribution >= 4 is 17.3 Å². The first-order chi connectivity index (χ1) is 9.69. The van der Waals surface area contributed by atoms with Crippen LogP contribution in [0.1, 0.15) is 5.56 Å². The molecule has 1 aromatic carbocycles. The molecule has 2 aromatic rings. The predicted molar refractivity (Wildman–Crippen MR) is 79.1 cm³/mol. The van der Waals surface area contributed by atoms with Crippen molar-refractivity contribution in [1.82, 2.24) is 4.98 Å². The first-order valence-corrected chi connectivity index (χ1v) is 6.31. The fourth-order valence-corrected chi connectivity index (χ4v) is 1.82. The summed E-state index contributed by atoms with van der Waals surface area (Å²) in [6, 6.07) is 12.9. The maximum atomic E-state index is 10.8. The minimum Gasteiger partial charge on any atom is -0.373 e. The van der Waals surface area contributed by atoms with Crippen molar-refractivity contribution in [3.05, 3.63) is 58.1 Å². The van der Waals surface area contributed by atoms with Crippen LogP contribution in [0.5, 0.6) is 0 Å². The van der Waals surface area contributed by atoms with Crippen LogP contribution in [-0.4, -0.2) is 23.5 Å². The van der Waals surface area contributed by atoms with Gasteiger partial charge in [-0.2, -0.15) is 0 Å². The molecule has 1 heterocycles. The van der Waals surface area contributed by atoms with Crippen LogP contribution < -0.4 is 10.6 Å². The van der Waals surface area contributed by atoms with Crippen molar-refractivity contribution in [2.24, 2.45) is 0 Å². The molecule has 0 saturated heterocycles. The van der Waals surface area contributed by atoms with Crippen molar-refractivity contribution in [1.29, 1.82) is 0 Å². The lowest BCUT2D eigenvalue weighted by Crippen LogP contribution is -2.07. The van der Waals surface area contributed by atoms with Crippen LogP contribution in [0.15, 0.2) is 42.5 Å². The summed E-state index contributed by atoms with van der Waals surface area (Å²) in [5, 5.41) is 16.8. The molecule has 0 radical (unpaired) electrons. The van der Waals surface area contributed by atoms with Gasteiger partial charge in [0.1, 0.15) is 11.6 Å². The molecule has 0 atom stereocenters. The van der Waals surface area contributed by atoms with Crippen molar-refractivity contribution in [3.63, 3.8) is 0 Å². The summed E-state index contributed by atoms with van der Waals surface area (Å²) in [4.78, 5) is 14.7. The summed E-state index contributed by atoms with van der Waals surface area (Å²) < 4.78 is 0. The van der Waals surface area contributed by atoms with Crippen LogP contribution >= 0.6 is 0 Å². The van der Waals surface area contributed by atoms with Crippen molar-refractivity contribution in [2.45, 2.75) is 6.42 Å². The summed E-state index contributed by atoms with van der Waals surface area (Å²) in [5.41, 5.74) is 1.23. The van der Waals surface area contributed by atoms with E-state index in [9.17, 15) is 10.1 Å². The molecule has 0 unspecified atom stereocenters. The van der Waals surface area contributed by atoms with E-state index in [1.165, 1.54) is 17.7 Å². The van der Waals surface area contributed by atoms with Crippen LogP contribution in [0.25, 0.3) is 0 Å². The third-order valence-corrected chi connectivity index (χ3v) is 2.84. The molecule has 104 valence electrons. The number of aromatic nitrogens is 1. The molecule has 0 fully saturated rings. The van der Waals surface area contributed by atoms with E-state index in [-0.39, 0.29) is 5.69 Å². The SMILES string of the molecule is CNc1cc([N+](=O)[O-])cc(NCCc2ccccc2)n1. The Balaban J connectivity index is 2.02. The Morgan fingerprint density at radius 2 is 1.90 bits per heavy atom. The lowest BCUT2D eigenvalue weighted by Gasteiger charge is -2.07. The van der Waals surface area contributed by atoms with Crippen molar-refractivity contribution in [2.75, 3.05) is 24.2 Å². The summed E-state index contributed by atoms with van der Waals surface area (Å²) in [6.07, 6.45) is 0.833. The molecule has 0 amide bonds. The van der Waals surface area contributed by atoms with Crippen LogP contribution in [-0.2, 0) is 6.42 Å². The normalized spacial score (nSPS) is 10.1. The molecular formula is C14H16N4O2. The number of hydrogen-bond acceptors (Lipinski definition) is 5. The molecule has 20 heavy (non-hydrogen) atoms. The van der Waals surface area contributed by atoms with Gasteiger partial charge in [0.2, 0.25) is 0 Å². The molecule has 6 heteroatoms. The molecular weight excluding hydrogens is 256 g/mol. The first-order valence-electron chi connectivity index (χ1n) is 6.31. The van der Waals surface area contributed by atoms with Gasteiger partial charge in [0.05, 0.1) is 17.1 Å². The summed E-state index contributed by atoms with van der Waals surface area (Å²) >= 11 is 0. The highest BCUT2D eigenvalue weighted by atomic mass is 16.6. The Hall–Kier alpha value is -2.63. The minimum absolute atomic E-state index is 0.0200. The number of benzene rings is 1. The highest BCUT2D eigenvalue weighted by molar-refractivity contribution is 5.54. The van der Waals surface area contributed by atoms with Crippen molar-refractivity contribution in [3.8, 4) is 0 Å². The average Bonchev–Trinajstić information content (AvgIpc) is 2.48. The molecule has 1 aromatic heterocycles. The fourth-order valence-electron chi connectivity index (χ4n) is 1.82. The zero-order chi connectivity index (χ0) is 14.4. The van der Waals surface area contributed by atoms with Crippen LogP contribution in [0.4, 0.5) is 17.3 Å². The summed E-state index contributed by atoms with van der Waals surface area (Å²) in [5.74, 6) is 0.973. The van der Waals surface area contributed by atoms with Gasteiger partial charge in [-0.3, -0.25) is 10.1 Å². The largest absolute Gasteiger partial charge is 0.373 e. The van der Waals surface area contributed by atoms with Gasteiger partial charge < -0.3 is 10.6 Å². The van der Waals surface area contributed by atoms with Gasteiger partial charge in [-0.1, -0.05) is 30.3 Å². The molecule has 2 rings (SSSR count).